The van der Waals surface area contributed by atoms with E-state index in [-0.39, 0.29) is 17.9 Å². The molecule has 4 heterocycles. The highest BCUT2D eigenvalue weighted by atomic mass is 16.5. The van der Waals surface area contributed by atoms with Crippen LogP contribution >= 0.6 is 0 Å². The first-order valence-corrected chi connectivity index (χ1v) is 12.6. The number of aryl methyl sites for hydroxylation is 2. The summed E-state index contributed by atoms with van der Waals surface area (Å²) in [7, 11) is 5.08. The maximum Gasteiger partial charge on any atom is 0.325 e. The van der Waals surface area contributed by atoms with Crippen LogP contribution in [0.2, 0.25) is 0 Å². The highest BCUT2D eigenvalue weighted by Gasteiger charge is 2.55. The number of urea groups is 1. The smallest absolute Gasteiger partial charge is 0.325 e. The van der Waals surface area contributed by atoms with Crippen molar-refractivity contribution in [3.8, 4) is 11.5 Å². The summed E-state index contributed by atoms with van der Waals surface area (Å²) in [6, 6.07) is 3.93. The molecule has 2 saturated heterocycles. The number of piperidine rings is 1. The molecule has 3 amide bonds. The number of benzene rings is 1. The van der Waals surface area contributed by atoms with Gasteiger partial charge in [-0.15, -0.1) is 0 Å². The number of hydrogen-bond donors (Lipinski definition) is 0. The van der Waals surface area contributed by atoms with Crippen LogP contribution in [-0.4, -0.2) is 66.0 Å². The van der Waals surface area contributed by atoms with E-state index in [1.54, 1.807) is 32.2 Å². The molecule has 0 bridgehead atoms. The van der Waals surface area contributed by atoms with Crippen molar-refractivity contribution in [1.82, 2.24) is 14.7 Å². The van der Waals surface area contributed by atoms with Crippen molar-refractivity contribution in [1.29, 1.82) is 0 Å². The van der Waals surface area contributed by atoms with Crippen LogP contribution in [0.4, 0.5) is 4.79 Å². The van der Waals surface area contributed by atoms with Gasteiger partial charge in [-0.25, -0.2) is 9.32 Å². The number of ether oxygens (including phenoxy) is 2. The predicted molar refractivity (Wildman–Crippen MR) is 132 cm³/mol. The predicted octanol–water partition coefficient (Wildman–Crippen LogP) is 3.36. The van der Waals surface area contributed by atoms with Gasteiger partial charge < -0.3 is 19.3 Å². The Bertz CT molecular complexity index is 1240. The molecule has 1 aromatic carbocycles. The van der Waals surface area contributed by atoms with Crippen LogP contribution in [0.1, 0.15) is 59.9 Å². The van der Waals surface area contributed by atoms with Crippen LogP contribution in [0.15, 0.2) is 34.6 Å². The summed E-state index contributed by atoms with van der Waals surface area (Å²) in [5.41, 5.74) is 3.30. The molecule has 0 aliphatic carbocycles. The molecule has 36 heavy (non-hydrogen) atoms. The molecule has 9 nitrogen and oxygen atoms in total. The largest absolute Gasteiger partial charge is 0.497 e. The van der Waals surface area contributed by atoms with Crippen LogP contribution in [0.5, 0.6) is 11.5 Å². The lowest BCUT2D eigenvalue weighted by atomic mass is 9.82. The van der Waals surface area contributed by atoms with Gasteiger partial charge in [0.05, 0.1) is 26.3 Å². The van der Waals surface area contributed by atoms with E-state index < -0.39 is 5.54 Å². The number of nitrogens with zero attached hydrogens (tertiary/aromatic N) is 4. The van der Waals surface area contributed by atoms with Crippen molar-refractivity contribution >= 4 is 11.9 Å². The van der Waals surface area contributed by atoms with Gasteiger partial charge in [-0.1, -0.05) is 13.0 Å². The molecule has 9 heteroatoms. The second kappa shape index (κ2) is 8.87. The first kappa shape index (κ1) is 24.2. The molecule has 3 aliphatic heterocycles. The average molecular weight is 496 g/mol. The molecular formula is C27H35N4O5+. The van der Waals surface area contributed by atoms with Crippen molar-refractivity contribution in [3.63, 3.8) is 0 Å². The third kappa shape index (κ3) is 3.55. The Labute approximate surface area is 211 Å². The van der Waals surface area contributed by atoms with Crippen LogP contribution in [-0.2, 0) is 13.6 Å². The summed E-state index contributed by atoms with van der Waals surface area (Å²) < 4.78 is 18.3. The summed E-state index contributed by atoms with van der Waals surface area (Å²) in [5.74, 6) is 2.12. The summed E-state index contributed by atoms with van der Waals surface area (Å²) in [6.45, 7) is 8.20. The van der Waals surface area contributed by atoms with E-state index in [0.29, 0.717) is 56.1 Å². The SMILES string of the molecule is CCN1C(=O)N2Cc3cc(OC)cc(OC)c3C(C)C=C2C12CCN(C(=O)c1c[n+](C)oc1C)CC2. The number of carbonyl (C=O) groups excluding carboxylic acids is 2. The van der Waals surface area contributed by atoms with Gasteiger partial charge in [0.25, 0.3) is 5.91 Å². The van der Waals surface area contributed by atoms with Gasteiger partial charge >= 0.3 is 6.03 Å². The zero-order chi connectivity index (χ0) is 25.8. The topological polar surface area (TPSA) is 79.3 Å². The Morgan fingerprint density at radius 1 is 1.22 bits per heavy atom. The zero-order valence-electron chi connectivity index (χ0n) is 22.0. The third-order valence-electron chi connectivity index (χ3n) is 7.99. The Kier molecular flexibility index (Phi) is 5.97. The van der Waals surface area contributed by atoms with E-state index in [2.05, 4.69) is 13.0 Å². The van der Waals surface area contributed by atoms with E-state index in [9.17, 15) is 9.59 Å². The zero-order valence-corrected chi connectivity index (χ0v) is 22.0. The maximum atomic E-state index is 13.8. The molecule has 1 aromatic heterocycles. The highest BCUT2D eigenvalue weighted by Crippen LogP contribution is 2.49. The number of likely N-dealkylation sites (tertiary alicyclic amines) is 1. The van der Waals surface area contributed by atoms with Gasteiger partial charge in [-0.05, 0) is 36.1 Å². The minimum atomic E-state index is -0.438. The van der Waals surface area contributed by atoms with Crippen LogP contribution in [0.25, 0.3) is 0 Å². The molecule has 0 radical (unpaired) electrons. The molecule has 1 atom stereocenters. The lowest BCUT2D eigenvalue weighted by Gasteiger charge is -2.44. The van der Waals surface area contributed by atoms with E-state index >= 15 is 0 Å². The lowest BCUT2D eigenvalue weighted by Crippen LogP contribution is -2.54. The van der Waals surface area contributed by atoms with Gasteiger partial charge in [0.1, 0.15) is 11.5 Å². The van der Waals surface area contributed by atoms with E-state index in [0.717, 1.165) is 22.6 Å². The number of methoxy groups -OCH3 is 2. The monoisotopic (exact) mass is 495 g/mol. The number of rotatable bonds is 4. The minimum Gasteiger partial charge on any atom is -0.497 e. The standard InChI is InChI=1S/C27H35N4O5/c1-7-31-26(33)30-15-19-13-20(34-5)14-22(35-6)24(19)17(2)12-23(30)27(31)8-10-29(11-9-27)25(32)21-16-28(4)36-18(21)3/h12-14,16-17H,7-11,15H2,1-6H3/q+1. The Morgan fingerprint density at radius 3 is 2.53 bits per heavy atom. The molecule has 2 aromatic rings. The van der Waals surface area contributed by atoms with E-state index in [1.165, 1.54) is 0 Å². The van der Waals surface area contributed by atoms with Crippen LogP contribution < -0.4 is 14.2 Å². The van der Waals surface area contributed by atoms with Crippen LogP contribution in [0, 0.1) is 6.92 Å². The number of allylic oxidation sites excluding steroid dienone is 1. The molecular weight excluding hydrogens is 460 g/mol. The number of carbonyl (C=O) groups is 2. The van der Waals surface area contributed by atoms with Gasteiger partial charge in [-0.2, -0.15) is 0 Å². The van der Waals surface area contributed by atoms with Crippen molar-refractivity contribution in [3.05, 3.63) is 52.6 Å². The first-order chi connectivity index (χ1) is 17.2. The Hall–Kier alpha value is -3.49. The summed E-state index contributed by atoms with van der Waals surface area (Å²) in [6.07, 6.45) is 5.34. The quantitative estimate of drug-likeness (QED) is 0.608. The van der Waals surface area contributed by atoms with Crippen molar-refractivity contribution in [2.75, 3.05) is 33.9 Å². The fraction of sp³-hybridized carbons (Fsp3) is 0.519. The molecule has 1 unspecified atom stereocenters. The Balaban J connectivity index is 1.49. The maximum absolute atomic E-state index is 13.8. The number of amides is 3. The first-order valence-electron chi connectivity index (χ1n) is 12.6. The third-order valence-corrected chi connectivity index (χ3v) is 7.99. The average Bonchev–Trinajstić information content (AvgIpc) is 3.24. The summed E-state index contributed by atoms with van der Waals surface area (Å²) >= 11 is 0. The highest BCUT2D eigenvalue weighted by molar-refractivity contribution is 5.94. The van der Waals surface area contributed by atoms with Crippen molar-refractivity contribution in [2.45, 2.75) is 51.6 Å². The van der Waals surface area contributed by atoms with Gasteiger partial charge in [0.2, 0.25) is 6.20 Å². The molecule has 2 fully saturated rings. The fourth-order valence-electron chi connectivity index (χ4n) is 6.28. The molecule has 0 N–H and O–H groups in total. The van der Waals surface area contributed by atoms with Crippen LogP contribution in [0.3, 0.4) is 0 Å². The second-order valence-corrected chi connectivity index (χ2v) is 9.92. The van der Waals surface area contributed by atoms with Gasteiger partial charge in [0.15, 0.2) is 18.4 Å². The van der Waals surface area contributed by atoms with Crippen molar-refractivity contribution < 1.29 is 28.3 Å². The van der Waals surface area contributed by atoms with Gasteiger partial charge in [-0.3, -0.25) is 9.69 Å². The number of hydrogen-bond acceptors (Lipinski definition) is 5. The van der Waals surface area contributed by atoms with E-state index in [4.69, 9.17) is 14.0 Å². The minimum absolute atomic E-state index is 0.0167. The second-order valence-electron chi connectivity index (χ2n) is 9.92. The fourth-order valence-corrected chi connectivity index (χ4v) is 6.28. The molecule has 1 spiro atoms. The molecule has 3 aliphatic rings. The molecule has 192 valence electrons. The van der Waals surface area contributed by atoms with Crippen molar-refractivity contribution in [2.24, 2.45) is 7.05 Å². The molecule has 5 rings (SSSR count). The Morgan fingerprint density at radius 2 is 1.94 bits per heavy atom. The van der Waals surface area contributed by atoms with E-state index in [1.807, 2.05) is 40.7 Å². The number of aromatic nitrogens is 1. The molecule has 0 saturated carbocycles. The number of likely N-dealkylation sites (N-methyl/N-ethyl adjacent to an activating group) is 1. The summed E-state index contributed by atoms with van der Waals surface area (Å²) in [4.78, 5) is 32.8. The summed E-state index contributed by atoms with van der Waals surface area (Å²) in [5, 5.41) is 0. The normalized spacial score (nSPS) is 20.7. The van der Waals surface area contributed by atoms with Gasteiger partial charge in [0, 0.05) is 49.8 Å². The number of fused-ring (bicyclic) bond motifs is 3. The lowest BCUT2D eigenvalue weighted by molar-refractivity contribution is -0.846.